The first kappa shape index (κ1) is 21.6. The lowest BCUT2D eigenvalue weighted by Crippen LogP contribution is -1.98. The number of ether oxygens (including phenoxy) is 1. The fourth-order valence-electron chi connectivity index (χ4n) is 3.08. The van der Waals surface area contributed by atoms with Gasteiger partial charge in [0.05, 0.1) is 12.0 Å². The van der Waals surface area contributed by atoms with E-state index < -0.39 is 27.8 Å². The highest BCUT2D eigenvalue weighted by Gasteiger charge is 2.27. The van der Waals surface area contributed by atoms with E-state index in [4.69, 9.17) is 4.74 Å². The Bertz CT molecular complexity index is 1200. The van der Waals surface area contributed by atoms with Crippen LogP contribution in [0.1, 0.15) is 19.0 Å². The number of benzene rings is 2. The zero-order chi connectivity index (χ0) is 22.1. The molecule has 0 unspecified atom stereocenters. The van der Waals surface area contributed by atoms with Crippen LogP contribution in [0.4, 0.5) is 13.2 Å². The van der Waals surface area contributed by atoms with Gasteiger partial charge < -0.3 is 4.74 Å². The molecule has 0 saturated heterocycles. The summed E-state index contributed by atoms with van der Waals surface area (Å²) in [6.07, 6.45) is 1.11. The lowest BCUT2D eigenvalue weighted by atomic mass is 9.98. The van der Waals surface area contributed by atoms with Crippen LogP contribution in [-0.2, 0) is 9.84 Å². The molecule has 0 aliphatic heterocycles. The molecule has 0 amide bonds. The third kappa shape index (κ3) is 4.11. The molecule has 0 saturated carbocycles. The largest absolute Gasteiger partial charge is 0.494 e. The molecular weight excluding hydrogens is 417 g/mol. The third-order valence-corrected chi connectivity index (χ3v) is 5.57. The number of hydrogen-bond donors (Lipinski definition) is 0. The van der Waals surface area contributed by atoms with E-state index in [0.717, 1.165) is 17.0 Å². The third-order valence-electron chi connectivity index (χ3n) is 4.44. The van der Waals surface area contributed by atoms with Crippen molar-refractivity contribution >= 4 is 16.0 Å². The summed E-state index contributed by atoms with van der Waals surface area (Å²) in [5.41, 5.74) is 0.435. The lowest BCUT2D eigenvalue weighted by Gasteiger charge is -2.09. The predicted molar refractivity (Wildman–Crippen MR) is 109 cm³/mol. The number of rotatable bonds is 6. The molecule has 0 fully saturated rings. The molecule has 0 spiro atoms. The molecule has 5 nitrogen and oxygen atoms in total. The molecule has 3 rings (SSSR count). The van der Waals surface area contributed by atoms with Crippen molar-refractivity contribution < 1.29 is 26.3 Å². The Morgan fingerprint density at radius 3 is 2.23 bits per heavy atom. The predicted octanol–water partition coefficient (Wildman–Crippen LogP) is 5.20. The monoisotopic (exact) mass is 436 g/mol. The second-order valence-corrected chi connectivity index (χ2v) is 8.50. The fraction of sp³-hybridized carbons (Fsp3) is 0.190. The van der Waals surface area contributed by atoms with Gasteiger partial charge in [-0.25, -0.2) is 26.3 Å². The molecule has 0 bridgehead atoms. The normalized spacial score (nSPS) is 12.1. The van der Waals surface area contributed by atoms with E-state index in [1.807, 2.05) is 0 Å². The maximum absolute atomic E-state index is 14.3. The first-order valence-electron chi connectivity index (χ1n) is 8.85. The van der Waals surface area contributed by atoms with Crippen molar-refractivity contribution in [1.29, 1.82) is 0 Å². The molecular formula is C21H19F3N2O3S. The van der Waals surface area contributed by atoms with E-state index in [9.17, 15) is 21.6 Å². The van der Waals surface area contributed by atoms with E-state index in [0.29, 0.717) is 5.56 Å². The number of allylic oxidation sites excluding steroid dienone is 1. The first-order valence-corrected chi connectivity index (χ1v) is 10.7. The minimum atomic E-state index is -3.42. The maximum atomic E-state index is 14.3. The number of hydrogen-bond acceptors (Lipinski definition) is 4. The van der Waals surface area contributed by atoms with Gasteiger partial charge in [0.2, 0.25) is 0 Å². The molecule has 158 valence electrons. The van der Waals surface area contributed by atoms with E-state index in [2.05, 4.69) is 5.10 Å². The number of sulfone groups is 1. The molecule has 1 aromatic heterocycles. The summed E-state index contributed by atoms with van der Waals surface area (Å²) in [6, 6.07) is 9.65. The standard InChI is InChI=1S/C21H19F3N2O3S/c1-4-11-26-20(21(23)24)18(14-7-10-17(29-2)16(22)12-14)19(25-26)13-5-8-15(9-6-13)30(3,27)28/h4-12,21H,1-3H3. The van der Waals surface area contributed by atoms with Gasteiger partial charge >= 0.3 is 0 Å². The Balaban J connectivity index is 2.30. The lowest BCUT2D eigenvalue weighted by molar-refractivity contribution is 0.144. The Hall–Kier alpha value is -3.07. The molecule has 30 heavy (non-hydrogen) atoms. The van der Waals surface area contributed by atoms with Crippen molar-refractivity contribution in [2.45, 2.75) is 18.2 Å². The van der Waals surface area contributed by atoms with Crippen LogP contribution in [0, 0.1) is 5.82 Å². The zero-order valence-corrected chi connectivity index (χ0v) is 17.3. The minimum Gasteiger partial charge on any atom is -0.494 e. The van der Waals surface area contributed by atoms with Gasteiger partial charge in [-0.3, -0.25) is 0 Å². The van der Waals surface area contributed by atoms with Gasteiger partial charge in [0, 0.05) is 23.6 Å². The number of aromatic nitrogens is 2. The van der Waals surface area contributed by atoms with Crippen LogP contribution >= 0.6 is 0 Å². The van der Waals surface area contributed by atoms with E-state index in [1.54, 1.807) is 13.0 Å². The highest BCUT2D eigenvalue weighted by molar-refractivity contribution is 7.90. The van der Waals surface area contributed by atoms with Gasteiger partial charge in [-0.05, 0) is 36.8 Å². The summed E-state index contributed by atoms with van der Waals surface area (Å²) >= 11 is 0. The summed E-state index contributed by atoms with van der Waals surface area (Å²) in [4.78, 5) is 0.0882. The molecule has 0 radical (unpaired) electrons. The Kier molecular flexibility index (Phi) is 6.02. The average molecular weight is 436 g/mol. The smallest absolute Gasteiger partial charge is 0.281 e. The summed E-state index contributed by atoms with van der Waals surface area (Å²) < 4.78 is 71.7. The van der Waals surface area contributed by atoms with Crippen molar-refractivity contribution in [2.75, 3.05) is 13.4 Å². The number of alkyl halides is 2. The quantitative estimate of drug-likeness (QED) is 0.533. The number of methoxy groups -OCH3 is 1. The van der Waals surface area contributed by atoms with Crippen LogP contribution in [0.3, 0.4) is 0 Å². The van der Waals surface area contributed by atoms with Crippen molar-refractivity contribution in [3.05, 3.63) is 60.1 Å². The maximum Gasteiger partial charge on any atom is 0.281 e. The molecule has 0 atom stereocenters. The topological polar surface area (TPSA) is 61.2 Å². The van der Waals surface area contributed by atoms with E-state index in [-0.39, 0.29) is 27.5 Å². The van der Waals surface area contributed by atoms with Crippen LogP contribution in [0.2, 0.25) is 0 Å². The van der Waals surface area contributed by atoms with Crippen molar-refractivity contribution in [3.63, 3.8) is 0 Å². The van der Waals surface area contributed by atoms with Crippen molar-refractivity contribution in [3.8, 4) is 28.1 Å². The summed E-state index contributed by atoms with van der Waals surface area (Å²) in [5, 5.41) is 4.28. The summed E-state index contributed by atoms with van der Waals surface area (Å²) in [6.45, 7) is 1.66. The molecule has 9 heteroatoms. The van der Waals surface area contributed by atoms with Crippen molar-refractivity contribution in [1.82, 2.24) is 9.78 Å². The van der Waals surface area contributed by atoms with Crippen molar-refractivity contribution in [2.24, 2.45) is 0 Å². The summed E-state index contributed by atoms with van der Waals surface area (Å²) in [7, 11) is -2.12. The fourth-order valence-corrected chi connectivity index (χ4v) is 3.71. The number of nitrogens with zero attached hydrogens (tertiary/aromatic N) is 2. The highest BCUT2D eigenvalue weighted by Crippen LogP contribution is 2.40. The SMILES string of the molecule is CC=Cn1nc(-c2ccc(S(C)(=O)=O)cc2)c(-c2ccc(OC)c(F)c2)c1C(F)F. The van der Waals surface area contributed by atoms with Crippen LogP contribution in [0.15, 0.2) is 53.4 Å². The van der Waals surface area contributed by atoms with Crippen LogP contribution in [0.25, 0.3) is 28.6 Å². The molecule has 3 aromatic rings. The Morgan fingerprint density at radius 2 is 1.73 bits per heavy atom. The average Bonchev–Trinajstić information content (AvgIpc) is 3.07. The van der Waals surface area contributed by atoms with E-state index in [1.165, 1.54) is 49.7 Å². The van der Waals surface area contributed by atoms with Crippen LogP contribution in [0.5, 0.6) is 5.75 Å². The van der Waals surface area contributed by atoms with Crippen LogP contribution < -0.4 is 4.74 Å². The summed E-state index contributed by atoms with van der Waals surface area (Å²) in [5.74, 6) is -0.718. The van der Waals surface area contributed by atoms with Gasteiger partial charge in [-0.1, -0.05) is 24.3 Å². The van der Waals surface area contributed by atoms with Gasteiger partial charge in [0.1, 0.15) is 11.4 Å². The second-order valence-electron chi connectivity index (χ2n) is 6.48. The molecule has 0 N–H and O–H groups in total. The van der Waals surface area contributed by atoms with Gasteiger partial charge in [-0.15, -0.1) is 0 Å². The Morgan fingerprint density at radius 1 is 1.10 bits per heavy atom. The first-order chi connectivity index (χ1) is 14.2. The molecule has 0 aliphatic rings. The molecule has 1 heterocycles. The molecule has 2 aromatic carbocycles. The second kappa shape index (κ2) is 8.35. The highest BCUT2D eigenvalue weighted by atomic mass is 32.2. The van der Waals surface area contributed by atoms with Gasteiger partial charge in [0.25, 0.3) is 6.43 Å². The Labute approximate surface area is 172 Å². The van der Waals surface area contributed by atoms with Crippen LogP contribution in [-0.4, -0.2) is 31.6 Å². The molecule has 0 aliphatic carbocycles. The zero-order valence-electron chi connectivity index (χ0n) is 16.4. The van der Waals surface area contributed by atoms with Gasteiger partial charge in [0.15, 0.2) is 21.4 Å². The van der Waals surface area contributed by atoms with Gasteiger partial charge in [-0.2, -0.15) is 5.10 Å². The number of halogens is 3. The van der Waals surface area contributed by atoms with E-state index >= 15 is 0 Å². The minimum absolute atomic E-state index is 0.0164.